The Hall–Kier alpha value is -3.26. The average molecular weight is 391 g/mol. The highest BCUT2D eigenvalue weighted by Gasteiger charge is 2.31. The monoisotopic (exact) mass is 391 g/mol. The lowest BCUT2D eigenvalue weighted by atomic mass is 10.1. The van der Waals surface area contributed by atoms with E-state index >= 15 is 0 Å². The van der Waals surface area contributed by atoms with E-state index < -0.39 is 24.1 Å². The summed E-state index contributed by atoms with van der Waals surface area (Å²) >= 11 is 0. The molecule has 1 atom stereocenters. The predicted octanol–water partition coefficient (Wildman–Crippen LogP) is 4.31. The van der Waals surface area contributed by atoms with Gasteiger partial charge in [0, 0.05) is 17.7 Å². The van der Waals surface area contributed by atoms with Crippen molar-refractivity contribution in [3.05, 3.63) is 78.1 Å². The lowest BCUT2D eigenvalue weighted by Crippen LogP contribution is -2.28. The summed E-state index contributed by atoms with van der Waals surface area (Å²) < 4.78 is 45.5. The maximum atomic E-state index is 12.1. The van der Waals surface area contributed by atoms with Crippen LogP contribution in [0.3, 0.4) is 0 Å². The molecule has 0 aliphatic carbocycles. The van der Waals surface area contributed by atoms with E-state index in [0.29, 0.717) is 11.3 Å². The number of rotatable bonds is 6. The van der Waals surface area contributed by atoms with Crippen LogP contribution in [-0.2, 0) is 0 Å². The SMILES string of the molecule is O=C(NCC(O)c1ccc(-c2ccco2)cc1)c1ccc(OC(F)(F)F)cc1. The maximum Gasteiger partial charge on any atom is 0.573 e. The Morgan fingerprint density at radius 1 is 1.07 bits per heavy atom. The summed E-state index contributed by atoms with van der Waals surface area (Å²) in [4.78, 5) is 12.1. The quantitative estimate of drug-likeness (QED) is 0.657. The summed E-state index contributed by atoms with van der Waals surface area (Å²) in [6, 6.07) is 15.1. The fraction of sp³-hybridized carbons (Fsp3) is 0.150. The molecule has 3 aromatic rings. The van der Waals surface area contributed by atoms with Crippen LogP contribution < -0.4 is 10.1 Å². The summed E-state index contributed by atoms with van der Waals surface area (Å²) in [5.41, 5.74) is 1.60. The molecule has 146 valence electrons. The van der Waals surface area contributed by atoms with Gasteiger partial charge >= 0.3 is 6.36 Å². The first-order valence-corrected chi connectivity index (χ1v) is 8.28. The van der Waals surface area contributed by atoms with Crippen molar-refractivity contribution in [2.45, 2.75) is 12.5 Å². The summed E-state index contributed by atoms with van der Waals surface area (Å²) in [6.07, 6.45) is -4.17. The number of alkyl halides is 3. The number of carbonyl (C=O) groups is 1. The van der Waals surface area contributed by atoms with E-state index in [1.54, 1.807) is 36.6 Å². The van der Waals surface area contributed by atoms with Gasteiger partial charge in [-0.2, -0.15) is 0 Å². The van der Waals surface area contributed by atoms with Crippen LogP contribution in [0.25, 0.3) is 11.3 Å². The van der Waals surface area contributed by atoms with Gasteiger partial charge in [-0.25, -0.2) is 0 Å². The first-order valence-electron chi connectivity index (χ1n) is 8.28. The Morgan fingerprint density at radius 3 is 2.32 bits per heavy atom. The molecule has 0 aliphatic rings. The first-order chi connectivity index (χ1) is 13.3. The molecule has 0 radical (unpaired) electrons. The number of ether oxygens (including phenoxy) is 1. The highest BCUT2D eigenvalue weighted by Crippen LogP contribution is 2.24. The standard InChI is InChI=1S/C20H16F3NO4/c21-20(22,23)28-16-9-7-15(8-10-16)19(26)24-12-17(25)13-3-5-14(6-4-13)18-2-1-11-27-18/h1-11,17,25H,12H2,(H,24,26). The third-order valence-electron chi connectivity index (χ3n) is 3.91. The molecule has 28 heavy (non-hydrogen) atoms. The average Bonchev–Trinajstić information content (AvgIpc) is 3.20. The highest BCUT2D eigenvalue weighted by atomic mass is 19.4. The van der Waals surface area contributed by atoms with Crippen LogP contribution in [0.15, 0.2) is 71.3 Å². The van der Waals surface area contributed by atoms with Crippen molar-refractivity contribution >= 4 is 5.91 Å². The number of carbonyl (C=O) groups excluding carboxylic acids is 1. The number of halogens is 3. The van der Waals surface area contributed by atoms with Crippen molar-refractivity contribution in [1.29, 1.82) is 0 Å². The lowest BCUT2D eigenvalue weighted by Gasteiger charge is -2.13. The predicted molar refractivity (Wildman–Crippen MR) is 94.6 cm³/mol. The van der Waals surface area contributed by atoms with Crippen LogP contribution >= 0.6 is 0 Å². The van der Waals surface area contributed by atoms with E-state index in [1.165, 1.54) is 12.1 Å². The van der Waals surface area contributed by atoms with Gasteiger partial charge in [-0.05, 0) is 42.0 Å². The molecule has 8 heteroatoms. The van der Waals surface area contributed by atoms with E-state index in [-0.39, 0.29) is 12.1 Å². The largest absolute Gasteiger partial charge is 0.573 e. The molecule has 5 nitrogen and oxygen atoms in total. The Labute approximate surface area is 158 Å². The van der Waals surface area contributed by atoms with E-state index in [4.69, 9.17) is 4.42 Å². The van der Waals surface area contributed by atoms with E-state index in [0.717, 1.165) is 17.7 Å². The van der Waals surface area contributed by atoms with Crippen LogP contribution in [0, 0.1) is 0 Å². The number of furan rings is 1. The van der Waals surface area contributed by atoms with Crippen molar-refractivity contribution < 1.29 is 32.2 Å². The zero-order chi connectivity index (χ0) is 20.1. The molecular formula is C20H16F3NO4. The summed E-state index contributed by atoms with van der Waals surface area (Å²) in [6.45, 7) is -0.0558. The summed E-state index contributed by atoms with van der Waals surface area (Å²) in [7, 11) is 0. The van der Waals surface area contributed by atoms with Crippen LogP contribution in [-0.4, -0.2) is 23.9 Å². The Morgan fingerprint density at radius 2 is 1.75 bits per heavy atom. The number of nitrogens with one attached hydrogen (secondary N) is 1. The molecule has 2 aromatic carbocycles. The van der Waals surface area contributed by atoms with Crippen molar-refractivity contribution in [2.75, 3.05) is 6.54 Å². The number of amides is 1. The minimum atomic E-state index is -4.79. The molecule has 0 fully saturated rings. The molecule has 1 heterocycles. The van der Waals surface area contributed by atoms with Crippen molar-refractivity contribution in [3.63, 3.8) is 0 Å². The molecule has 2 N–H and O–H groups in total. The van der Waals surface area contributed by atoms with Crippen molar-refractivity contribution in [2.24, 2.45) is 0 Å². The third kappa shape index (κ3) is 5.14. The zero-order valence-electron chi connectivity index (χ0n) is 14.4. The number of hydrogen-bond acceptors (Lipinski definition) is 4. The van der Waals surface area contributed by atoms with E-state index in [1.807, 2.05) is 6.07 Å². The van der Waals surface area contributed by atoms with Gasteiger partial charge in [-0.1, -0.05) is 24.3 Å². The normalized spacial score (nSPS) is 12.4. The third-order valence-corrected chi connectivity index (χ3v) is 3.91. The second kappa shape index (κ2) is 8.18. The van der Waals surface area contributed by atoms with Gasteiger partial charge in [-0.15, -0.1) is 13.2 Å². The van der Waals surface area contributed by atoms with Crippen molar-refractivity contribution in [3.8, 4) is 17.1 Å². The highest BCUT2D eigenvalue weighted by molar-refractivity contribution is 5.94. The van der Waals surface area contributed by atoms with Crippen LogP contribution in [0.2, 0.25) is 0 Å². The fourth-order valence-corrected chi connectivity index (χ4v) is 2.53. The second-order valence-corrected chi connectivity index (χ2v) is 5.90. The van der Waals surface area contributed by atoms with Gasteiger partial charge in [-0.3, -0.25) is 4.79 Å². The number of aliphatic hydroxyl groups is 1. The summed E-state index contributed by atoms with van der Waals surface area (Å²) in [5.74, 6) is -0.238. The molecule has 1 amide bonds. The molecule has 3 rings (SSSR count). The van der Waals surface area contributed by atoms with Gasteiger partial charge in [0.25, 0.3) is 5.91 Å². The minimum absolute atomic E-state index is 0.0558. The Kier molecular flexibility index (Phi) is 5.70. The fourth-order valence-electron chi connectivity index (χ4n) is 2.53. The lowest BCUT2D eigenvalue weighted by molar-refractivity contribution is -0.274. The molecule has 0 aliphatic heterocycles. The number of aliphatic hydroxyl groups excluding tert-OH is 1. The van der Waals surface area contributed by atoms with Crippen LogP contribution in [0.4, 0.5) is 13.2 Å². The molecule has 1 aromatic heterocycles. The summed E-state index contributed by atoms with van der Waals surface area (Å²) in [5, 5.41) is 12.8. The van der Waals surface area contributed by atoms with Crippen molar-refractivity contribution in [1.82, 2.24) is 5.32 Å². The molecule has 0 saturated heterocycles. The molecule has 0 bridgehead atoms. The smallest absolute Gasteiger partial charge is 0.464 e. The Bertz CT molecular complexity index is 904. The maximum absolute atomic E-state index is 12.1. The van der Waals surface area contributed by atoms with Gasteiger partial charge in [0.15, 0.2) is 0 Å². The first kappa shape index (κ1) is 19.5. The van der Waals surface area contributed by atoms with Crippen LogP contribution in [0.1, 0.15) is 22.0 Å². The van der Waals surface area contributed by atoms with Gasteiger partial charge in [0.2, 0.25) is 0 Å². The van der Waals surface area contributed by atoms with E-state index in [2.05, 4.69) is 10.1 Å². The number of benzene rings is 2. The topological polar surface area (TPSA) is 71.7 Å². The van der Waals surface area contributed by atoms with E-state index in [9.17, 15) is 23.1 Å². The van der Waals surface area contributed by atoms with Crippen LogP contribution in [0.5, 0.6) is 5.75 Å². The molecule has 1 unspecified atom stereocenters. The Balaban J connectivity index is 1.55. The molecular weight excluding hydrogens is 375 g/mol. The second-order valence-electron chi connectivity index (χ2n) is 5.90. The van der Waals surface area contributed by atoms with Gasteiger partial charge in [0.05, 0.1) is 12.4 Å². The molecule has 0 spiro atoms. The van der Waals surface area contributed by atoms with Gasteiger partial charge < -0.3 is 19.6 Å². The van der Waals surface area contributed by atoms with Gasteiger partial charge in [0.1, 0.15) is 11.5 Å². The number of hydrogen-bond donors (Lipinski definition) is 2. The minimum Gasteiger partial charge on any atom is -0.464 e. The zero-order valence-corrected chi connectivity index (χ0v) is 14.4. The molecule has 0 saturated carbocycles.